The van der Waals surface area contributed by atoms with Crippen LogP contribution in [0.1, 0.15) is 11.1 Å². The highest BCUT2D eigenvalue weighted by Gasteiger charge is 2.19. The molecule has 0 unspecified atom stereocenters. The molecular weight excluding hydrogens is 298 g/mol. The van der Waals surface area contributed by atoms with Gasteiger partial charge in [0.05, 0.1) is 4.90 Å². The number of sulfonamides is 1. The Labute approximate surface area is 122 Å². The van der Waals surface area contributed by atoms with Gasteiger partial charge < -0.3 is 5.73 Å². The van der Waals surface area contributed by atoms with Crippen molar-refractivity contribution in [2.45, 2.75) is 18.7 Å². The Morgan fingerprint density at radius 3 is 2.60 bits per heavy atom. The molecule has 0 fully saturated rings. The number of nitrogen functional groups attached to an aromatic ring is 1. The number of nitrogens with one attached hydrogen (secondary N) is 1. The van der Waals surface area contributed by atoms with Crippen molar-refractivity contribution in [2.75, 3.05) is 10.5 Å². The molecule has 106 valence electrons. The molecular formula is C13H14ClN3O2S. The number of pyridine rings is 1. The molecule has 0 radical (unpaired) electrons. The Morgan fingerprint density at radius 2 is 1.95 bits per heavy atom. The molecule has 5 nitrogen and oxygen atoms in total. The number of aryl methyl sites for hydroxylation is 1. The summed E-state index contributed by atoms with van der Waals surface area (Å²) in [6.45, 7) is 3.48. The maximum absolute atomic E-state index is 12.4. The van der Waals surface area contributed by atoms with Crippen LogP contribution < -0.4 is 10.5 Å². The third-order valence-corrected chi connectivity index (χ3v) is 4.51. The molecule has 0 aliphatic rings. The largest absolute Gasteiger partial charge is 0.398 e. The average Bonchev–Trinajstić information content (AvgIpc) is 2.33. The van der Waals surface area contributed by atoms with Gasteiger partial charge in [0.15, 0.2) is 0 Å². The van der Waals surface area contributed by atoms with Gasteiger partial charge in [-0.1, -0.05) is 11.6 Å². The summed E-state index contributed by atoms with van der Waals surface area (Å²) in [7, 11) is -3.78. The minimum atomic E-state index is -3.78. The molecule has 2 aromatic rings. The summed E-state index contributed by atoms with van der Waals surface area (Å²) in [6.07, 6.45) is 1.53. The zero-order chi connectivity index (χ0) is 14.9. The van der Waals surface area contributed by atoms with Crippen molar-refractivity contribution in [3.63, 3.8) is 0 Å². The fourth-order valence-corrected chi connectivity index (χ4v) is 3.33. The van der Waals surface area contributed by atoms with E-state index in [1.807, 2.05) is 6.92 Å². The third kappa shape index (κ3) is 3.02. The van der Waals surface area contributed by atoms with Crippen molar-refractivity contribution in [3.8, 4) is 0 Å². The third-order valence-electron chi connectivity index (χ3n) is 2.81. The van der Waals surface area contributed by atoms with E-state index in [0.29, 0.717) is 11.3 Å². The Balaban J connectivity index is 2.46. The smallest absolute Gasteiger partial charge is 0.263 e. The van der Waals surface area contributed by atoms with Gasteiger partial charge in [0.2, 0.25) is 0 Å². The SMILES string of the molecule is Cc1ccnc(NS(=O)(=O)c2cc(Cl)cc(N)c2C)c1. The Kier molecular flexibility index (Phi) is 3.87. The predicted molar refractivity (Wildman–Crippen MR) is 80.4 cm³/mol. The maximum atomic E-state index is 12.4. The van der Waals surface area contributed by atoms with Gasteiger partial charge in [-0.2, -0.15) is 0 Å². The lowest BCUT2D eigenvalue weighted by atomic mass is 10.2. The van der Waals surface area contributed by atoms with Crippen LogP contribution in [0.3, 0.4) is 0 Å². The van der Waals surface area contributed by atoms with E-state index in [4.69, 9.17) is 17.3 Å². The summed E-state index contributed by atoms with van der Waals surface area (Å²) in [4.78, 5) is 4.02. The molecule has 0 saturated heterocycles. The predicted octanol–water partition coefficient (Wildman–Crippen LogP) is 2.73. The fourth-order valence-electron chi connectivity index (χ4n) is 1.74. The quantitative estimate of drug-likeness (QED) is 0.853. The molecule has 0 amide bonds. The van der Waals surface area contributed by atoms with E-state index in [9.17, 15) is 8.42 Å². The van der Waals surface area contributed by atoms with Crippen molar-refractivity contribution in [3.05, 3.63) is 46.6 Å². The van der Waals surface area contributed by atoms with Crippen LogP contribution in [0.25, 0.3) is 0 Å². The molecule has 0 aliphatic carbocycles. The average molecular weight is 312 g/mol. The van der Waals surface area contributed by atoms with E-state index in [0.717, 1.165) is 5.56 Å². The molecule has 20 heavy (non-hydrogen) atoms. The van der Waals surface area contributed by atoms with Gasteiger partial charge in [0.1, 0.15) is 5.82 Å². The van der Waals surface area contributed by atoms with Gasteiger partial charge in [-0.05, 0) is 49.2 Å². The van der Waals surface area contributed by atoms with Gasteiger partial charge in [0.25, 0.3) is 10.0 Å². The fraction of sp³-hybridized carbons (Fsp3) is 0.154. The molecule has 1 aromatic carbocycles. The lowest BCUT2D eigenvalue weighted by Crippen LogP contribution is -2.16. The monoisotopic (exact) mass is 311 g/mol. The first-order valence-electron chi connectivity index (χ1n) is 5.81. The molecule has 7 heteroatoms. The number of halogens is 1. The molecule has 0 spiro atoms. The van der Waals surface area contributed by atoms with Crippen LogP contribution in [0, 0.1) is 13.8 Å². The molecule has 0 saturated carbocycles. The maximum Gasteiger partial charge on any atom is 0.263 e. The van der Waals surface area contributed by atoms with Crippen molar-refractivity contribution in [2.24, 2.45) is 0 Å². The number of nitrogens with zero attached hydrogens (tertiary/aromatic N) is 1. The summed E-state index contributed by atoms with van der Waals surface area (Å²) >= 11 is 5.87. The summed E-state index contributed by atoms with van der Waals surface area (Å²) in [6, 6.07) is 6.30. The van der Waals surface area contributed by atoms with Crippen molar-refractivity contribution < 1.29 is 8.42 Å². The van der Waals surface area contributed by atoms with Crippen LogP contribution >= 0.6 is 11.6 Å². The lowest BCUT2D eigenvalue weighted by molar-refractivity contribution is 0.600. The van der Waals surface area contributed by atoms with E-state index < -0.39 is 10.0 Å². The normalized spacial score (nSPS) is 11.3. The van der Waals surface area contributed by atoms with E-state index >= 15 is 0 Å². The molecule has 1 aromatic heterocycles. The van der Waals surface area contributed by atoms with E-state index in [1.165, 1.54) is 18.3 Å². The van der Waals surface area contributed by atoms with Crippen LogP contribution in [0.4, 0.5) is 11.5 Å². The number of hydrogen-bond donors (Lipinski definition) is 2. The molecule has 3 N–H and O–H groups in total. The van der Waals surface area contributed by atoms with E-state index in [2.05, 4.69) is 9.71 Å². The minimum Gasteiger partial charge on any atom is -0.398 e. The Hall–Kier alpha value is -1.79. The van der Waals surface area contributed by atoms with Gasteiger partial charge in [-0.3, -0.25) is 4.72 Å². The summed E-state index contributed by atoms with van der Waals surface area (Å²) in [5.74, 6) is 0.253. The zero-order valence-electron chi connectivity index (χ0n) is 11.0. The second-order valence-electron chi connectivity index (χ2n) is 4.44. The van der Waals surface area contributed by atoms with Crippen molar-refractivity contribution in [1.29, 1.82) is 0 Å². The van der Waals surface area contributed by atoms with Crippen LogP contribution in [0.5, 0.6) is 0 Å². The highest BCUT2D eigenvalue weighted by Crippen LogP contribution is 2.27. The number of nitrogens with two attached hydrogens (primary N) is 1. The number of rotatable bonds is 3. The van der Waals surface area contributed by atoms with Crippen LogP contribution in [-0.2, 0) is 10.0 Å². The van der Waals surface area contributed by atoms with E-state index in [1.54, 1.807) is 19.1 Å². The molecule has 0 bridgehead atoms. The van der Waals surface area contributed by atoms with Crippen molar-refractivity contribution in [1.82, 2.24) is 4.98 Å². The van der Waals surface area contributed by atoms with Gasteiger partial charge in [-0.15, -0.1) is 0 Å². The zero-order valence-corrected chi connectivity index (χ0v) is 12.6. The van der Waals surface area contributed by atoms with Gasteiger partial charge >= 0.3 is 0 Å². The summed E-state index contributed by atoms with van der Waals surface area (Å²) < 4.78 is 27.2. The molecule has 1 heterocycles. The Bertz CT molecular complexity index is 760. The van der Waals surface area contributed by atoms with Gasteiger partial charge in [-0.25, -0.2) is 13.4 Å². The minimum absolute atomic E-state index is 0.0470. The first-order valence-corrected chi connectivity index (χ1v) is 7.67. The number of hydrogen-bond acceptors (Lipinski definition) is 4. The van der Waals surface area contributed by atoms with Crippen LogP contribution in [0.15, 0.2) is 35.4 Å². The Morgan fingerprint density at radius 1 is 1.25 bits per heavy atom. The second-order valence-corrected chi connectivity index (χ2v) is 6.53. The highest BCUT2D eigenvalue weighted by molar-refractivity contribution is 7.92. The summed E-state index contributed by atoms with van der Waals surface area (Å²) in [5.41, 5.74) is 7.43. The van der Waals surface area contributed by atoms with Crippen LogP contribution in [-0.4, -0.2) is 13.4 Å². The standard InChI is InChI=1S/C13H14ClN3O2S/c1-8-3-4-16-13(5-8)17-20(18,19)12-7-10(14)6-11(15)9(12)2/h3-7H,15H2,1-2H3,(H,16,17). The first kappa shape index (κ1) is 14.6. The second kappa shape index (κ2) is 5.30. The molecule has 0 atom stereocenters. The number of aromatic nitrogens is 1. The molecule has 2 rings (SSSR count). The van der Waals surface area contributed by atoms with Crippen molar-refractivity contribution >= 4 is 33.1 Å². The number of benzene rings is 1. The lowest BCUT2D eigenvalue weighted by Gasteiger charge is -2.12. The van der Waals surface area contributed by atoms with Gasteiger partial charge in [0, 0.05) is 16.9 Å². The first-order chi connectivity index (χ1) is 9.29. The topological polar surface area (TPSA) is 85.1 Å². The number of anilines is 2. The van der Waals surface area contributed by atoms with Crippen LogP contribution in [0.2, 0.25) is 5.02 Å². The highest BCUT2D eigenvalue weighted by atomic mass is 35.5. The summed E-state index contributed by atoms with van der Waals surface area (Å²) in [5, 5.41) is 0.269. The van der Waals surface area contributed by atoms with E-state index in [-0.39, 0.29) is 15.7 Å². The molecule has 0 aliphatic heterocycles.